The van der Waals surface area contributed by atoms with Gasteiger partial charge in [-0.1, -0.05) is 65.8 Å². The van der Waals surface area contributed by atoms with Crippen molar-refractivity contribution in [3.8, 4) is 0 Å². The van der Waals surface area contributed by atoms with Crippen LogP contribution in [-0.2, 0) is 40.4 Å². The van der Waals surface area contributed by atoms with Crippen LogP contribution >= 0.6 is 0 Å². The number of nitrogens with zero attached hydrogens (tertiary/aromatic N) is 6. The monoisotopic (exact) mass is 1110 g/mol. The molecule has 2 amide bonds. The molecule has 18 nitrogen and oxygen atoms in total. The Kier molecular flexibility index (Phi) is 20.6. The molecule has 0 spiro atoms. The van der Waals surface area contributed by atoms with Crippen LogP contribution in [0.1, 0.15) is 184 Å². The number of anilines is 1. The number of carbonyl (C=O) groups is 2. The zero-order valence-corrected chi connectivity index (χ0v) is 49.9. The van der Waals surface area contributed by atoms with Gasteiger partial charge in [0.1, 0.15) is 17.0 Å². The lowest BCUT2D eigenvalue weighted by Crippen LogP contribution is -2.45. The summed E-state index contributed by atoms with van der Waals surface area (Å²) in [6.45, 7) is 33.9. The van der Waals surface area contributed by atoms with Crippen molar-refractivity contribution in [1.82, 2.24) is 29.7 Å². The van der Waals surface area contributed by atoms with Crippen LogP contribution in [0.15, 0.2) is 82.8 Å². The van der Waals surface area contributed by atoms with Crippen LogP contribution in [0.2, 0.25) is 0 Å². The Labute approximate surface area is 458 Å². The third-order valence-electron chi connectivity index (χ3n) is 13.0. The minimum Gasteiger partial charge on any atom is -0.444 e. The van der Waals surface area contributed by atoms with Crippen LogP contribution in [0.3, 0.4) is 0 Å². The van der Waals surface area contributed by atoms with E-state index in [1.165, 1.54) is 12.1 Å². The smallest absolute Gasteiger partial charge is 0.410 e. The number of nitrogens with two attached hydrogens (primary N) is 3. The molecule has 2 aliphatic heterocycles. The minimum atomic E-state index is -3.93. The Morgan fingerprint density at radius 3 is 1.44 bits per heavy atom. The molecule has 0 aromatic carbocycles. The van der Waals surface area contributed by atoms with Gasteiger partial charge in [-0.3, -0.25) is 9.97 Å². The number of pyridine rings is 4. The number of hydrogen-bond donors (Lipinski definition) is 4. The average Bonchev–Trinajstić information content (AvgIpc) is 3.78. The third kappa shape index (κ3) is 20.1. The average molecular weight is 1110 g/mol. The van der Waals surface area contributed by atoms with Gasteiger partial charge in [0.25, 0.3) is 20.0 Å². The molecule has 2 saturated heterocycles. The molecule has 6 rings (SSSR count). The molecule has 2 unspecified atom stereocenters. The molecule has 0 aliphatic carbocycles. The molecule has 4 atom stereocenters. The quantitative estimate of drug-likeness (QED) is 0.0962. The van der Waals surface area contributed by atoms with E-state index in [1.54, 1.807) is 12.1 Å². The third-order valence-corrected chi connectivity index (χ3v) is 14.7. The summed E-state index contributed by atoms with van der Waals surface area (Å²) >= 11 is 0. The topological polar surface area (TPSA) is 269 Å². The van der Waals surface area contributed by atoms with Gasteiger partial charge >= 0.3 is 12.2 Å². The number of carbonyl (C=O) groups excluding carboxylic acids is 2. The first-order valence-corrected chi connectivity index (χ1v) is 29.3. The summed E-state index contributed by atoms with van der Waals surface area (Å²) in [4.78, 5) is 46.2. The summed E-state index contributed by atoms with van der Waals surface area (Å²) in [7, 11) is -7.81. The Morgan fingerprint density at radius 1 is 0.623 bits per heavy atom. The van der Waals surface area contributed by atoms with E-state index in [1.807, 2.05) is 81.7 Å². The second kappa shape index (κ2) is 24.8. The largest absolute Gasteiger partial charge is 0.444 e. The molecule has 7 N–H and O–H groups in total. The van der Waals surface area contributed by atoms with E-state index < -0.39 is 42.2 Å². The van der Waals surface area contributed by atoms with E-state index in [0.29, 0.717) is 24.7 Å². The zero-order valence-electron chi connectivity index (χ0n) is 48.3. The van der Waals surface area contributed by atoms with Gasteiger partial charge in [0, 0.05) is 52.4 Å². The van der Waals surface area contributed by atoms with Gasteiger partial charge in [-0.15, -0.1) is 0 Å². The van der Waals surface area contributed by atoms with Crippen LogP contribution < -0.4 is 21.3 Å². The van der Waals surface area contributed by atoms with Gasteiger partial charge in [0.05, 0.1) is 17.4 Å². The van der Waals surface area contributed by atoms with Gasteiger partial charge in [-0.05, 0) is 168 Å². The molecule has 4 aromatic rings. The number of ether oxygens (including phenoxy) is 2. The summed E-state index contributed by atoms with van der Waals surface area (Å²) in [5.74, 6) is 0.249. The first-order chi connectivity index (χ1) is 35.0. The normalized spacial score (nSPS) is 18.5. The van der Waals surface area contributed by atoms with E-state index in [-0.39, 0.29) is 57.1 Å². The molecule has 2 aliphatic rings. The number of aromatic nitrogens is 4. The van der Waals surface area contributed by atoms with Crippen molar-refractivity contribution >= 4 is 38.1 Å². The van der Waals surface area contributed by atoms with Crippen LogP contribution in [0.25, 0.3) is 0 Å². The highest BCUT2D eigenvalue weighted by atomic mass is 32.2. The lowest BCUT2D eigenvalue weighted by molar-refractivity contribution is 0.0118. The van der Waals surface area contributed by atoms with Crippen molar-refractivity contribution in [3.05, 3.63) is 102 Å². The van der Waals surface area contributed by atoms with Crippen molar-refractivity contribution in [1.29, 1.82) is 0 Å². The summed E-state index contributed by atoms with van der Waals surface area (Å²) in [6.07, 6.45) is 4.70. The molecule has 0 radical (unpaired) electrons. The summed E-state index contributed by atoms with van der Waals surface area (Å²) < 4.78 is 68.3. The second-order valence-corrected chi connectivity index (χ2v) is 28.6. The number of rotatable bonds is 12. The van der Waals surface area contributed by atoms with Crippen molar-refractivity contribution in [2.45, 2.75) is 205 Å². The summed E-state index contributed by atoms with van der Waals surface area (Å²) in [5.41, 5.74) is 8.65. The first kappa shape index (κ1) is 64.2. The molecule has 6 heterocycles. The van der Waals surface area contributed by atoms with E-state index in [0.717, 1.165) is 73.6 Å². The van der Waals surface area contributed by atoms with Gasteiger partial charge in [0.15, 0.2) is 10.1 Å². The van der Waals surface area contributed by atoms with Gasteiger partial charge < -0.3 is 30.3 Å². The Bertz CT molecular complexity index is 2880. The fourth-order valence-electron chi connectivity index (χ4n) is 9.22. The van der Waals surface area contributed by atoms with Crippen LogP contribution in [-0.4, -0.2) is 94.1 Å². The molecule has 0 saturated carbocycles. The van der Waals surface area contributed by atoms with Crippen LogP contribution in [0, 0.1) is 17.8 Å². The summed E-state index contributed by atoms with van der Waals surface area (Å²) in [5, 5.41) is 12.7. The maximum Gasteiger partial charge on any atom is 0.410 e. The molecular formula is C56H87FN10O8S2. The highest BCUT2D eigenvalue weighted by Gasteiger charge is 2.44. The highest BCUT2D eigenvalue weighted by molar-refractivity contribution is 7.89. The number of amides is 2. The van der Waals surface area contributed by atoms with Crippen molar-refractivity contribution in [2.75, 3.05) is 18.4 Å². The fraction of sp³-hybridized carbons (Fsp3) is 0.607. The van der Waals surface area contributed by atoms with Gasteiger partial charge in [0.2, 0.25) is 5.95 Å². The van der Waals surface area contributed by atoms with E-state index in [2.05, 4.69) is 95.7 Å². The number of likely N-dealkylation sites (tertiary alicyclic amines) is 2. The molecule has 21 heteroatoms. The molecule has 428 valence electrons. The van der Waals surface area contributed by atoms with Crippen LogP contribution in [0.5, 0.6) is 0 Å². The Hall–Kier alpha value is -5.35. The highest BCUT2D eigenvalue weighted by Crippen LogP contribution is 2.39. The number of primary sulfonamides is 2. The van der Waals surface area contributed by atoms with Gasteiger partial charge in [-0.2, -0.15) is 4.39 Å². The van der Waals surface area contributed by atoms with Crippen LogP contribution in [0.4, 0.5) is 19.8 Å². The molecule has 4 aromatic heterocycles. The standard InChI is InChI=1S/C28H43N5O4S.C23H39N3O2.C5H5FN2O2S/c1-26(2,3)22-12-9-11-20(30-22)21(31-23-13-10-14-24(32-23)38(29,35)36)16-15-19-17-28(7,8)33(18-19)25(34)37-27(4,5)6;1-21(2,3)19-11-9-10-18(25-19)17(24)13-12-16-14-23(7,8)26(15-16)20(27)28-22(4,5)6;6-4-2-1-3-5(8-4)11(7,9)10/h9-14,19,21H,15-18H2,1-8H3,(H,31,32)(H2,29,35,36);9-11,16-17H,12-15,24H2,1-8H3;1-3H,(H2,7,9,10)/t19-,21?;16-,17?;/m00./s1. The predicted octanol–water partition coefficient (Wildman–Crippen LogP) is 10.5. The van der Waals surface area contributed by atoms with Crippen molar-refractivity contribution in [2.24, 2.45) is 27.8 Å². The molecule has 2 fully saturated rings. The number of nitrogens with one attached hydrogen (secondary N) is 1. The molecular weight excluding hydrogens is 1020 g/mol. The zero-order chi connectivity index (χ0) is 58.3. The number of halogens is 1. The Morgan fingerprint density at radius 2 is 1.03 bits per heavy atom. The van der Waals surface area contributed by atoms with Crippen molar-refractivity contribution in [3.63, 3.8) is 0 Å². The predicted molar refractivity (Wildman–Crippen MR) is 299 cm³/mol. The lowest BCUT2D eigenvalue weighted by Gasteiger charge is -2.33. The lowest BCUT2D eigenvalue weighted by atomic mass is 9.90. The van der Waals surface area contributed by atoms with E-state index in [4.69, 9.17) is 30.3 Å². The van der Waals surface area contributed by atoms with Crippen molar-refractivity contribution < 1.29 is 40.3 Å². The number of hydrogen-bond acceptors (Lipinski definition) is 14. The fourth-order valence-corrected chi connectivity index (χ4v) is 10.2. The van der Waals surface area contributed by atoms with E-state index >= 15 is 0 Å². The number of sulfonamides is 2. The SMILES string of the molecule is CC(C)(C)OC(=O)N1C[C@@H](CCC(N)c2cccc(C(C)(C)C)n2)CC1(C)C.CC(C)(C)OC(=O)N1C[C@@H](CCC(Nc2cccc(S(N)(=O)=O)n2)c2cccc(C(C)(C)C)n2)CC1(C)C.NS(=O)(=O)c1cccc(F)n1. The molecule has 0 bridgehead atoms. The Balaban J connectivity index is 0.000000285. The first-order valence-electron chi connectivity index (χ1n) is 26.2. The van der Waals surface area contributed by atoms with E-state index in [9.17, 15) is 30.8 Å². The molecule has 77 heavy (non-hydrogen) atoms. The second-order valence-electron chi connectivity index (χ2n) is 25.6. The maximum atomic E-state index is 12.9. The van der Waals surface area contributed by atoms with Gasteiger partial charge in [-0.25, -0.2) is 46.7 Å². The minimum absolute atomic E-state index is 0.0130. The maximum absolute atomic E-state index is 12.9. The summed E-state index contributed by atoms with van der Waals surface area (Å²) in [6, 6.07) is 19.9.